The lowest BCUT2D eigenvalue weighted by Gasteiger charge is -2.12. The number of rotatable bonds is 2. The van der Waals surface area contributed by atoms with E-state index in [1.54, 1.807) is 12.1 Å². The maximum atomic E-state index is 13.2. The van der Waals surface area contributed by atoms with Crippen LogP contribution in [-0.2, 0) is 0 Å². The quantitative estimate of drug-likeness (QED) is 0.285. The Morgan fingerprint density at radius 1 is 0.655 bits per heavy atom. The van der Waals surface area contributed by atoms with Crippen LogP contribution >= 0.6 is 34.8 Å². The number of hydrogen-bond acceptors (Lipinski definition) is 2. The van der Waals surface area contributed by atoms with Gasteiger partial charge in [0.1, 0.15) is 0 Å². The van der Waals surface area contributed by atoms with Crippen LogP contribution in [0.4, 0.5) is 0 Å². The summed E-state index contributed by atoms with van der Waals surface area (Å²) in [6.45, 7) is 0. The molecule has 0 spiro atoms. The first-order valence-electron chi connectivity index (χ1n) is 8.93. The third kappa shape index (κ3) is 3.05. The van der Waals surface area contributed by atoms with Gasteiger partial charge in [-0.3, -0.25) is 4.79 Å². The molecule has 29 heavy (non-hydrogen) atoms. The van der Waals surface area contributed by atoms with Gasteiger partial charge in [0, 0.05) is 26.7 Å². The van der Waals surface area contributed by atoms with E-state index in [1.165, 1.54) is 0 Å². The van der Waals surface area contributed by atoms with Crippen LogP contribution in [0.25, 0.3) is 33.6 Å². The number of carbonyl (C=O) groups is 1. The third-order valence-electron chi connectivity index (χ3n) is 5.04. The van der Waals surface area contributed by atoms with Crippen LogP contribution in [0.1, 0.15) is 15.9 Å². The third-order valence-corrected chi connectivity index (χ3v) is 5.84. The van der Waals surface area contributed by atoms with Crippen molar-refractivity contribution in [1.29, 1.82) is 0 Å². The van der Waals surface area contributed by atoms with E-state index in [0.717, 1.165) is 22.3 Å². The van der Waals surface area contributed by atoms with Crippen LogP contribution in [0.15, 0.2) is 72.8 Å². The highest BCUT2D eigenvalue weighted by Crippen LogP contribution is 2.43. The van der Waals surface area contributed by atoms with Crippen LogP contribution in [-0.4, -0.2) is 10.8 Å². The van der Waals surface area contributed by atoms with Crippen LogP contribution < -0.4 is 0 Å². The fourth-order valence-corrected chi connectivity index (χ4v) is 4.32. The highest BCUT2D eigenvalue weighted by Gasteiger charge is 2.31. The second-order valence-electron chi connectivity index (χ2n) is 6.78. The zero-order valence-electron chi connectivity index (χ0n) is 14.9. The zero-order valence-corrected chi connectivity index (χ0v) is 17.2. The van der Waals surface area contributed by atoms with Gasteiger partial charge >= 0.3 is 0 Å². The maximum Gasteiger partial charge on any atom is 0.196 e. The normalized spacial score (nSPS) is 12.0. The van der Waals surface area contributed by atoms with Crippen molar-refractivity contribution >= 4 is 40.6 Å². The monoisotopic (exact) mass is 435 g/mol. The number of carbonyl (C=O) groups excluding carboxylic acids is 1. The zero-order chi connectivity index (χ0) is 20.1. The molecule has 1 aliphatic carbocycles. The van der Waals surface area contributed by atoms with Gasteiger partial charge in [0.25, 0.3) is 0 Å². The Balaban J connectivity index is 1.83. The Morgan fingerprint density at radius 2 is 1.34 bits per heavy atom. The Morgan fingerprint density at radius 3 is 2.07 bits per heavy atom. The molecule has 2 nitrogen and oxygen atoms in total. The summed E-state index contributed by atoms with van der Waals surface area (Å²) < 4.78 is 0. The van der Waals surface area contributed by atoms with Gasteiger partial charge in [-0.25, -0.2) is 4.98 Å². The van der Waals surface area contributed by atoms with Crippen molar-refractivity contribution in [2.45, 2.75) is 0 Å². The standard InChI is InChI=1S/C24H12Cl3NO/c25-14-7-5-13(6-8-14)19-12-21(18-10-9-15(26)11-20(18)27)28-23-16-3-1-2-4-17(16)24(29)22(19)23/h1-12H. The van der Waals surface area contributed by atoms with Crippen LogP contribution in [0.3, 0.4) is 0 Å². The summed E-state index contributed by atoms with van der Waals surface area (Å²) in [7, 11) is 0. The topological polar surface area (TPSA) is 30.0 Å². The SMILES string of the molecule is O=C1c2ccccc2-c2nc(-c3ccc(Cl)cc3Cl)cc(-c3ccc(Cl)cc3)c21. The van der Waals surface area contributed by atoms with Gasteiger partial charge in [-0.2, -0.15) is 0 Å². The summed E-state index contributed by atoms with van der Waals surface area (Å²) in [6.07, 6.45) is 0. The molecule has 0 N–H and O–H groups in total. The molecule has 0 saturated heterocycles. The first-order valence-corrected chi connectivity index (χ1v) is 10.1. The minimum absolute atomic E-state index is 0.0261. The molecule has 5 rings (SSSR count). The molecular formula is C24H12Cl3NO. The molecule has 0 atom stereocenters. The highest BCUT2D eigenvalue weighted by molar-refractivity contribution is 6.36. The summed E-state index contributed by atoms with van der Waals surface area (Å²) in [6, 6.07) is 22.2. The van der Waals surface area contributed by atoms with Crippen molar-refractivity contribution in [3.63, 3.8) is 0 Å². The predicted octanol–water partition coefficient (Wildman–Crippen LogP) is 7.59. The summed E-state index contributed by atoms with van der Waals surface area (Å²) in [5.41, 5.74) is 5.88. The maximum absolute atomic E-state index is 13.2. The van der Waals surface area contributed by atoms with E-state index in [0.29, 0.717) is 37.6 Å². The van der Waals surface area contributed by atoms with E-state index in [4.69, 9.17) is 39.8 Å². The van der Waals surface area contributed by atoms with Gasteiger partial charge in [-0.1, -0.05) is 71.2 Å². The van der Waals surface area contributed by atoms with Gasteiger partial charge in [0.15, 0.2) is 5.78 Å². The number of hydrogen-bond donors (Lipinski definition) is 0. The molecule has 4 aromatic rings. The molecule has 140 valence electrons. The molecule has 1 aromatic heterocycles. The molecule has 1 heterocycles. The van der Waals surface area contributed by atoms with Gasteiger partial charge < -0.3 is 0 Å². The second kappa shape index (κ2) is 7.00. The highest BCUT2D eigenvalue weighted by atomic mass is 35.5. The number of ketones is 1. The fourth-order valence-electron chi connectivity index (χ4n) is 3.68. The van der Waals surface area contributed by atoms with Crippen molar-refractivity contribution < 1.29 is 4.79 Å². The lowest BCUT2D eigenvalue weighted by molar-refractivity contribution is 0.104. The minimum atomic E-state index is -0.0261. The Bertz CT molecular complexity index is 1300. The first-order chi connectivity index (χ1) is 14.0. The Labute approximate surface area is 182 Å². The number of nitrogens with zero attached hydrogens (tertiary/aromatic N) is 1. The van der Waals surface area contributed by atoms with Gasteiger partial charge in [-0.15, -0.1) is 0 Å². The fraction of sp³-hybridized carbons (Fsp3) is 0. The number of benzene rings is 3. The second-order valence-corrected chi connectivity index (χ2v) is 8.06. The van der Waals surface area contributed by atoms with Crippen molar-refractivity contribution in [3.05, 3.63) is 99.0 Å². The average molecular weight is 437 g/mol. The van der Waals surface area contributed by atoms with Gasteiger partial charge in [0.05, 0.1) is 22.0 Å². The van der Waals surface area contributed by atoms with E-state index in [9.17, 15) is 4.79 Å². The molecular weight excluding hydrogens is 425 g/mol. The smallest absolute Gasteiger partial charge is 0.196 e. The van der Waals surface area contributed by atoms with Crippen LogP contribution in [0.2, 0.25) is 15.1 Å². The lowest BCUT2D eigenvalue weighted by atomic mass is 9.96. The molecule has 3 aromatic carbocycles. The van der Waals surface area contributed by atoms with Crippen molar-refractivity contribution in [2.75, 3.05) is 0 Å². The van der Waals surface area contributed by atoms with E-state index >= 15 is 0 Å². The predicted molar refractivity (Wildman–Crippen MR) is 119 cm³/mol. The van der Waals surface area contributed by atoms with Crippen LogP contribution in [0.5, 0.6) is 0 Å². The van der Waals surface area contributed by atoms with E-state index in [1.807, 2.05) is 60.7 Å². The Hall–Kier alpha value is -2.65. The molecule has 5 heteroatoms. The molecule has 0 fully saturated rings. The number of halogens is 3. The Kier molecular flexibility index (Phi) is 4.44. The molecule has 0 bridgehead atoms. The van der Waals surface area contributed by atoms with Gasteiger partial charge in [-0.05, 0) is 47.5 Å². The van der Waals surface area contributed by atoms with E-state index in [2.05, 4.69) is 0 Å². The van der Waals surface area contributed by atoms with Crippen molar-refractivity contribution in [3.8, 4) is 33.6 Å². The number of pyridine rings is 1. The summed E-state index contributed by atoms with van der Waals surface area (Å²) in [4.78, 5) is 18.0. The number of fused-ring (bicyclic) bond motifs is 3. The van der Waals surface area contributed by atoms with E-state index < -0.39 is 0 Å². The van der Waals surface area contributed by atoms with Crippen molar-refractivity contribution in [2.24, 2.45) is 0 Å². The molecule has 0 amide bonds. The molecule has 0 aliphatic heterocycles. The summed E-state index contributed by atoms with van der Waals surface area (Å²) >= 11 is 18.6. The van der Waals surface area contributed by atoms with Crippen molar-refractivity contribution in [1.82, 2.24) is 4.98 Å². The average Bonchev–Trinajstić information content (AvgIpc) is 3.01. The summed E-state index contributed by atoms with van der Waals surface area (Å²) in [5, 5.41) is 1.69. The molecule has 0 radical (unpaired) electrons. The first kappa shape index (κ1) is 18.4. The minimum Gasteiger partial charge on any atom is -0.288 e. The molecule has 0 saturated carbocycles. The van der Waals surface area contributed by atoms with E-state index in [-0.39, 0.29) is 5.78 Å². The molecule has 1 aliphatic rings. The largest absolute Gasteiger partial charge is 0.288 e. The number of aromatic nitrogens is 1. The summed E-state index contributed by atoms with van der Waals surface area (Å²) in [5.74, 6) is -0.0261. The van der Waals surface area contributed by atoms with Gasteiger partial charge in [0.2, 0.25) is 0 Å². The van der Waals surface area contributed by atoms with Crippen LogP contribution in [0, 0.1) is 0 Å². The lowest BCUT2D eigenvalue weighted by Crippen LogP contribution is -2.00. The molecule has 0 unspecified atom stereocenters.